The molecule has 2 saturated carbocycles. The molecule has 0 amide bonds. The van der Waals surface area contributed by atoms with Crippen LogP contribution in [-0.2, 0) is 21.8 Å². The molecule has 2 N–H and O–H groups in total. The number of benzene rings is 2. The van der Waals surface area contributed by atoms with E-state index in [9.17, 15) is 31.5 Å². The van der Waals surface area contributed by atoms with Crippen LogP contribution in [0.3, 0.4) is 0 Å². The first kappa shape index (κ1) is 29.2. The monoisotopic (exact) mass is 610 g/mol. The van der Waals surface area contributed by atoms with Gasteiger partial charge in [-0.1, -0.05) is 48.0 Å². The average molecular weight is 611 g/mol. The van der Waals surface area contributed by atoms with E-state index in [2.05, 4.69) is 20.3 Å². The Hall–Kier alpha value is -3.29. The fraction of sp³-hybridized carbons (Fsp3) is 0.407. The molecular formula is C27H26ClF3N4O5S. The molecule has 218 valence electrons. The van der Waals surface area contributed by atoms with E-state index in [1.54, 1.807) is 24.3 Å². The lowest BCUT2D eigenvalue weighted by Crippen LogP contribution is -2.32. The zero-order chi connectivity index (χ0) is 29.5. The molecule has 14 heteroatoms. The van der Waals surface area contributed by atoms with E-state index in [1.165, 1.54) is 12.1 Å². The number of ketones is 1. The van der Waals surface area contributed by atoms with E-state index in [1.807, 2.05) is 12.1 Å². The summed E-state index contributed by atoms with van der Waals surface area (Å²) in [5.74, 6) is -1.12. The number of nitrogens with one attached hydrogen (secondary N) is 1. The maximum atomic E-state index is 12.8. The number of hydrogen-bond acceptors (Lipinski definition) is 9. The fourth-order valence-corrected chi connectivity index (χ4v) is 6.31. The normalized spacial score (nSPS) is 17.1. The van der Waals surface area contributed by atoms with Crippen LogP contribution in [0.25, 0.3) is 0 Å². The summed E-state index contributed by atoms with van der Waals surface area (Å²) in [5.41, 5.74) is 1.23. The van der Waals surface area contributed by atoms with E-state index in [0.717, 1.165) is 18.4 Å². The van der Waals surface area contributed by atoms with E-state index < -0.39 is 57.1 Å². The first-order valence-corrected chi connectivity index (χ1v) is 14.8. The number of sulfone groups is 1. The van der Waals surface area contributed by atoms with E-state index in [4.69, 9.17) is 16.3 Å². The number of Topliss-reactive ketones (excluding diaryl/α,β-unsaturated/α-hetero) is 1. The first-order chi connectivity index (χ1) is 19.3. The lowest BCUT2D eigenvalue weighted by molar-refractivity contribution is -0.154. The van der Waals surface area contributed by atoms with Gasteiger partial charge < -0.3 is 15.2 Å². The second-order valence-corrected chi connectivity index (χ2v) is 13.2. The molecule has 2 aromatic carbocycles. The topological polar surface area (TPSA) is 131 Å². The van der Waals surface area contributed by atoms with Crippen molar-refractivity contribution in [2.75, 3.05) is 24.3 Å². The van der Waals surface area contributed by atoms with Gasteiger partial charge in [0.25, 0.3) is 0 Å². The van der Waals surface area contributed by atoms with Gasteiger partial charge in [-0.05, 0) is 48.9 Å². The van der Waals surface area contributed by atoms with Gasteiger partial charge in [0, 0.05) is 17.0 Å². The quantitative estimate of drug-likeness (QED) is 0.288. The molecule has 9 nitrogen and oxygen atoms in total. The number of ether oxygens (including phenoxy) is 1. The molecular weight excluding hydrogens is 585 g/mol. The Kier molecular flexibility index (Phi) is 7.72. The highest BCUT2D eigenvalue weighted by molar-refractivity contribution is 7.93. The van der Waals surface area contributed by atoms with Gasteiger partial charge in [0.1, 0.15) is 11.6 Å². The van der Waals surface area contributed by atoms with Crippen molar-refractivity contribution in [1.29, 1.82) is 0 Å². The van der Waals surface area contributed by atoms with E-state index in [-0.39, 0.29) is 23.8 Å². The highest BCUT2D eigenvalue weighted by atomic mass is 35.5. The van der Waals surface area contributed by atoms with Crippen molar-refractivity contribution < 1.29 is 36.2 Å². The molecule has 5 rings (SSSR count). The van der Waals surface area contributed by atoms with Crippen molar-refractivity contribution >= 4 is 33.2 Å². The second kappa shape index (κ2) is 10.8. The molecule has 0 aliphatic heterocycles. The zero-order valence-corrected chi connectivity index (χ0v) is 23.2. The summed E-state index contributed by atoms with van der Waals surface area (Å²) in [6, 6.07) is 12.8. The number of rotatable bonds is 12. The van der Waals surface area contributed by atoms with Gasteiger partial charge in [-0.3, -0.25) is 4.79 Å². The number of anilines is 1. The van der Waals surface area contributed by atoms with Crippen LogP contribution in [0.4, 0.5) is 19.1 Å². The van der Waals surface area contributed by atoms with Crippen LogP contribution in [0.5, 0.6) is 6.01 Å². The molecule has 0 spiro atoms. The molecule has 2 aliphatic carbocycles. The van der Waals surface area contributed by atoms with E-state index >= 15 is 0 Å². The average Bonchev–Trinajstić information content (AvgIpc) is 3.84. The molecule has 0 radical (unpaired) electrons. The summed E-state index contributed by atoms with van der Waals surface area (Å²) in [6.45, 7) is -2.09. The first-order valence-electron chi connectivity index (χ1n) is 12.8. The Balaban J connectivity index is 1.33. The highest BCUT2D eigenvalue weighted by Gasteiger charge is 2.54. The predicted molar refractivity (Wildman–Crippen MR) is 144 cm³/mol. The summed E-state index contributed by atoms with van der Waals surface area (Å²) in [5, 5.41) is 13.2. The minimum atomic E-state index is -4.59. The Morgan fingerprint density at radius 3 is 2.22 bits per heavy atom. The van der Waals surface area contributed by atoms with Gasteiger partial charge in [-0.2, -0.15) is 28.1 Å². The summed E-state index contributed by atoms with van der Waals surface area (Å²) in [7, 11) is -3.80. The fourth-order valence-electron chi connectivity index (χ4n) is 4.44. The third-order valence-electron chi connectivity index (χ3n) is 7.24. The molecule has 0 bridgehead atoms. The Morgan fingerprint density at radius 2 is 1.66 bits per heavy atom. The lowest BCUT2D eigenvalue weighted by atomic mass is 10.1. The summed E-state index contributed by atoms with van der Waals surface area (Å²) < 4.78 is 67.1. The number of carbonyl (C=O) groups excluding carboxylic acids is 1. The molecule has 1 aromatic heterocycles. The van der Waals surface area contributed by atoms with Crippen LogP contribution in [0.15, 0.2) is 48.5 Å². The Morgan fingerprint density at radius 1 is 1.00 bits per heavy atom. The number of aliphatic hydroxyl groups is 1. The van der Waals surface area contributed by atoms with Crippen molar-refractivity contribution in [3.8, 4) is 6.01 Å². The maximum absolute atomic E-state index is 12.8. The third kappa shape index (κ3) is 6.79. The number of aliphatic hydroxyl groups excluding tert-OH is 1. The Labute approximate surface area is 239 Å². The summed E-state index contributed by atoms with van der Waals surface area (Å²) in [4.78, 5) is 25.1. The van der Waals surface area contributed by atoms with Crippen LogP contribution in [0.1, 0.15) is 53.0 Å². The van der Waals surface area contributed by atoms with E-state index in [0.29, 0.717) is 23.4 Å². The molecule has 41 heavy (non-hydrogen) atoms. The van der Waals surface area contributed by atoms with Crippen LogP contribution >= 0.6 is 11.6 Å². The second-order valence-electron chi connectivity index (χ2n) is 10.4. The molecule has 3 aromatic rings. The van der Waals surface area contributed by atoms with Crippen LogP contribution in [0, 0.1) is 0 Å². The van der Waals surface area contributed by atoms with Crippen LogP contribution in [-0.4, -0.2) is 64.1 Å². The van der Waals surface area contributed by atoms with Gasteiger partial charge in [-0.25, -0.2) is 8.42 Å². The number of aromatic nitrogens is 3. The highest BCUT2D eigenvalue weighted by Crippen LogP contribution is 2.48. The standard InChI is InChI=1S/C27H26ClF3N4O5S/c28-20-7-5-19(6-8-20)26(11-12-26)35-23-32-22(33-24(34-23)40-16-27(29,30)31)13-17-1-3-18(4-2-17)21(37)14-41(38,39)25(15-36)9-10-25/h1-8,36H,9-16H2,(H,32,33,34,35). The summed E-state index contributed by atoms with van der Waals surface area (Å²) in [6.07, 6.45) is -2.35. The molecule has 2 aliphatic rings. The van der Waals surface area contributed by atoms with Gasteiger partial charge >= 0.3 is 12.2 Å². The van der Waals surface area contributed by atoms with Gasteiger partial charge in [0.2, 0.25) is 5.95 Å². The molecule has 0 unspecified atom stereocenters. The zero-order valence-electron chi connectivity index (χ0n) is 21.6. The molecule has 1 heterocycles. The van der Waals surface area contributed by atoms with Crippen molar-refractivity contribution in [1.82, 2.24) is 15.0 Å². The minimum Gasteiger partial charge on any atom is -0.454 e. The molecule has 0 atom stereocenters. The van der Waals surface area contributed by atoms with Crippen molar-refractivity contribution in [3.63, 3.8) is 0 Å². The molecule has 0 saturated heterocycles. The SMILES string of the molecule is O=C(CS(=O)(=O)C1(CO)CC1)c1ccc(Cc2nc(NC3(c4ccc(Cl)cc4)CC3)nc(OCC(F)(F)F)n2)cc1. The third-order valence-corrected chi connectivity index (χ3v) is 9.99. The minimum absolute atomic E-state index is 0.0505. The number of nitrogens with zero attached hydrogens (tertiary/aromatic N) is 3. The lowest BCUT2D eigenvalue weighted by Gasteiger charge is -2.19. The summed E-state index contributed by atoms with van der Waals surface area (Å²) >= 11 is 6.00. The van der Waals surface area contributed by atoms with Gasteiger partial charge in [0.15, 0.2) is 22.2 Å². The smallest absolute Gasteiger partial charge is 0.422 e. The number of hydrogen-bond donors (Lipinski definition) is 2. The van der Waals surface area contributed by atoms with Crippen molar-refractivity contribution in [3.05, 3.63) is 76.1 Å². The van der Waals surface area contributed by atoms with Gasteiger partial charge in [-0.15, -0.1) is 0 Å². The number of alkyl halides is 3. The number of halogens is 4. The Bertz CT molecular complexity index is 1540. The van der Waals surface area contributed by atoms with Crippen molar-refractivity contribution in [2.24, 2.45) is 0 Å². The number of carbonyl (C=O) groups is 1. The maximum Gasteiger partial charge on any atom is 0.422 e. The van der Waals surface area contributed by atoms with Gasteiger partial charge in [0.05, 0.1) is 16.9 Å². The van der Waals surface area contributed by atoms with Crippen LogP contribution < -0.4 is 10.1 Å². The largest absolute Gasteiger partial charge is 0.454 e. The van der Waals surface area contributed by atoms with Crippen molar-refractivity contribution in [2.45, 2.75) is 48.6 Å². The molecule has 2 fully saturated rings. The van der Waals surface area contributed by atoms with Crippen LogP contribution in [0.2, 0.25) is 5.02 Å². The predicted octanol–water partition coefficient (Wildman–Crippen LogP) is 4.28.